The molecule has 0 unspecified atom stereocenters. The van der Waals surface area contributed by atoms with Crippen LogP contribution in [0.25, 0.3) is 6.08 Å². The van der Waals surface area contributed by atoms with Gasteiger partial charge in [0.25, 0.3) is 5.91 Å². The highest BCUT2D eigenvalue weighted by atomic mass is 16.8. The smallest absolute Gasteiger partial charge is 0.348 e. The molecule has 17 nitrogen and oxygen atoms in total. The molecule has 3 aromatic rings. The molecule has 4 saturated heterocycles. The van der Waals surface area contributed by atoms with Crippen LogP contribution in [0.15, 0.2) is 78.9 Å². The van der Waals surface area contributed by atoms with Gasteiger partial charge in [-0.05, 0) is 73.2 Å². The molecule has 2 bridgehead atoms. The Kier molecular flexibility index (Phi) is 12.6. The lowest BCUT2D eigenvalue weighted by Crippen LogP contribution is -2.69. The van der Waals surface area contributed by atoms with Crippen LogP contribution in [-0.2, 0) is 83.2 Å². The summed E-state index contributed by atoms with van der Waals surface area (Å²) in [4.78, 5) is 86.9. The standard InChI is InChI=1S/C51H57N3O14/c1-48(2,3)65-38(57)19-17-35(27-55)53-44(58)32-15-9-11-30(21-32)25-52-47(61)51-24-36-39-40(67-50(66-39)22-33-13-6-7-14-34(33)23-50)42(51)68-54(41(51)45(59)63-36)26-31-12-8-10-29(20-31)16-18-37(56)64-43-46(60)62-28-49(43,4)5/h6-16,18,20-21,35-36,39-43,55H,17,19,22-28H2,1-5H3,(H,52,61)(H,53,58)/t35-,36+,39-,40-,41-,42+,43-,51-/m0/s1. The van der Waals surface area contributed by atoms with Gasteiger partial charge in [0, 0.05) is 49.3 Å². The minimum absolute atomic E-state index is 0.00398. The van der Waals surface area contributed by atoms with E-state index < -0.39 is 101 Å². The Labute approximate surface area is 393 Å². The number of aliphatic hydroxyl groups is 1. The molecular formula is C51H57N3O14. The summed E-state index contributed by atoms with van der Waals surface area (Å²) in [5.74, 6) is -4.37. The summed E-state index contributed by atoms with van der Waals surface area (Å²) >= 11 is 0. The maximum Gasteiger partial charge on any atom is 0.348 e. The van der Waals surface area contributed by atoms with Gasteiger partial charge in [0.15, 0.2) is 11.8 Å². The predicted molar refractivity (Wildman–Crippen MR) is 239 cm³/mol. The van der Waals surface area contributed by atoms with Crippen LogP contribution >= 0.6 is 0 Å². The number of nitrogens with one attached hydrogen (secondary N) is 2. The molecule has 0 radical (unpaired) electrons. The van der Waals surface area contributed by atoms with E-state index >= 15 is 4.79 Å². The summed E-state index contributed by atoms with van der Waals surface area (Å²) in [6.45, 7) is 8.64. The number of aliphatic hydroxyl groups excluding tert-OH is 1. The molecule has 9 rings (SSSR count). The molecule has 4 aliphatic heterocycles. The Bertz CT molecular complexity index is 2510. The number of hydroxylamine groups is 2. The van der Waals surface area contributed by atoms with E-state index in [4.69, 9.17) is 33.3 Å². The van der Waals surface area contributed by atoms with Gasteiger partial charge in [-0.2, -0.15) is 5.06 Å². The Morgan fingerprint density at radius 3 is 2.35 bits per heavy atom. The highest BCUT2D eigenvalue weighted by molar-refractivity contribution is 5.95. The molecule has 0 aromatic heterocycles. The van der Waals surface area contributed by atoms with Gasteiger partial charge in [-0.1, -0.05) is 74.5 Å². The number of ether oxygens (including phenoxy) is 6. The lowest BCUT2D eigenvalue weighted by molar-refractivity contribution is -0.217. The highest BCUT2D eigenvalue weighted by Gasteiger charge is 2.76. The maximum absolute atomic E-state index is 15.0. The molecule has 3 N–H and O–H groups in total. The van der Waals surface area contributed by atoms with Gasteiger partial charge in [-0.25, -0.2) is 9.59 Å². The van der Waals surface area contributed by atoms with E-state index in [9.17, 15) is 29.1 Å². The first kappa shape index (κ1) is 47.1. The van der Waals surface area contributed by atoms with Crippen LogP contribution in [-0.4, -0.2) is 113 Å². The van der Waals surface area contributed by atoms with Crippen LogP contribution in [0.2, 0.25) is 0 Å². The maximum atomic E-state index is 15.0. The van der Waals surface area contributed by atoms with Crippen molar-refractivity contribution in [3.63, 3.8) is 0 Å². The molecule has 360 valence electrons. The van der Waals surface area contributed by atoms with Gasteiger partial charge in [-0.15, -0.1) is 0 Å². The third-order valence-electron chi connectivity index (χ3n) is 13.5. The Balaban J connectivity index is 0.936. The monoisotopic (exact) mass is 935 g/mol. The second kappa shape index (κ2) is 18.2. The van der Waals surface area contributed by atoms with Crippen molar-refractivity contribution in [1.82, 2.24) is 15.7 Å². The van der Waals surface area contributed by atoms with Gasteiger partial charge in [0.2, 0.25) is 12.0 Å². The SMILES string of the molecule is CC(C)(C)OC(=O)CC[C@@H](CO)NC(=O)c1cccc(CNC(=O)[C@@]23C[C@H]4OC(=O)[C@@H]2N(Cc2cccc(C=CC(=O)O[C@H]5C(=O)OCC5(C)C)c2)O[C@@H]3[C@H]2OC3(Cc5ccccc5C3)O[C@H]24)c1. The number of benzene rings is 3. The molecule has 17 heteroatoms. The average Bonchev–Trinajstić information content (AvgIpc) is 4.03. The summed E-state index contributed by atoms with van der Waals surface area (Å²) in [5.41, 5.74) is 1.54. The summed E-state index contributed by atoms with van der Waals surface area (Å²) in [5, 5.41) is 17.3. The van der Waals surface area contributed by atoms with Crippen LogP contribution in [0.4, 0.5) is 0 Å². The van der Waals surface area contributed by atoms with Gasteiger partial charge in [0.05, 0.1) is 19.2 Å². The van der Waals surface area contributed by atoms with Gasteiger partial charge in [0.1, 0.15) is 42.0 Å². The largest absolute Gasteiger partial charge is 0.462 e. The lowest BCUT2D eigenvalue weighted by Gasteiger charge is -2.48. The fourth-order valence-corrected chi connectivity index (χ4v) is 10.3. The molecular weight excluding hydrogens is 879 g/mol. The molecule has 1 spiro atoms. The fourth-order valence-electron chi connectivity index (χ4n) is 10.3. The van der Waals surface area contributed by atoms with Gasteiger partial charge in [-0.3, -0.25) is 24.0 Å². The molecule has 2 aliphatic carbocycles. The van der Waals surface area contributed by atoms with Crippen LogP contribution in [0, 0.1) is 10.8 Å². The number of amides is 2. The minimum atomic E-state index is -1.49. The van der Waals surface area contributed by atoms with Crippen molar-refractivity contribution >= 4 is 41.8 Å². The van der Waals surface area contributed by atoms with Crippen LogP contribution < -0.4 is 10.6 Å². The van der Waals surface area contributed by atoms with E-state index in [2.05, 4.69) is 10.6 Å². The Morgan fingerprint density at radius 1 is 0.926 bits per heavy atom. The van der Waals surface area contributed by atoms with Crippen molar-refractivity contribution in [3.8, 4) is 0 Å². The predicted octanol–water partition coefficient (Wildman–Crippen LogP) is 3.80. The zero-order valence-electron chi connectivity index (χ0n) is 38.7. The second-order valence-corrected chi connectivity index (χ2v) is 20.3. The quantitative estimate of drug-likeness (QED) is 0.119. The number of rotatable bonds is 14. The van der Waals surface area contributed by atoms with Crippen molar-refractivity contribution in [2.45, 2.75) is 134 Å². The number of hydrogen-bond donors (Lipinski definition) is 3. The zero-order chi connectivity index (χ0) is 48.2. The Hall–Kier alpha value is -5.98. The van der Waals surface area contributed by atoms with Crippen LogP contribution in [0.1, 0.15) is 92.1 Å². The molecule has 6 aliphatic rings. The fraction of sp³-hybridized carbons (Fsp3) is 0.490. The first-order chi connectivity index (χ1) is 32.3. The number of nitrogens with zero attached hydrogens (tertiary/aromatic N) is 1. The van der Waals surface area contributed by atoms with Crippen molar-refractivity contribution in [2.24, 2.45) is 10.8 Å². The summed E-state index contributed by atoms with van der Waals surface area (Å²) < 4.78 is 35.7. The van der Waals surface area contributed by atoms with E-state index in [1.807, 2.05) is 36.4 Å². The topological polar surface area (TPSA) is 215 Å². The van der Waals surface area contributed by atoms with Crippen molar-refractivity contribution < 1.29 is 67.1 Å². The number of esters is 4. The molecule has 1 saturated carbocycles. The third-order valence-corrected chi connectivity index (χ3v) is 13.5. The van der Waals surface area contributed by atoms with E-state index in [0.29, 0.717) is 29.5 Å². The van der Waals surface area contributed by atoms with Crippen LogP contribution in [0.5, 0.6) is 0 Å². The van der Waals surface area contributed by atoms with Crippen molar-refractivity contribution in [1.29, 1.82) is 0 Å². The molecule has 8 atom stereocenters. The number of hydrogen-bond acceptors (Lipinski definition) is 15. The summed E-state index contributed by atoms with van der Waals surface area (Å²) in [6, 6.07) is 20.0. The average molecular weight is 936 g/mol. The number of cyclic esters (lactones) is 1. The van der Waals surface area contributed by atoms with E-state index in [1.54, 1.807) is 77.1 Å². The number of fused-ring (bicyclic) bond motifs is 5. The van der Waals surface area contributed by atoms with E-state index in [1.165, 1.54) is 11.1 Å². The van der Waals surface area contributed by atoms with E-state index in [-0.39, 0.29) is 51.1 Å². The normalized spacial score (nSPS) is 27.8. The molecule has 2 amide bonds. The van der Waals surface area contributed by atoms with E-state index in [0.717, 1.165) is 11.1 Å². The van der Waals surface area contributed by atoms with Crippen molar-refractivity contribution in [3.05, 3.63) is 112 Å². The molecule has 5 fully saturated rings. The minimum Gasteiger partial charge on any atom is -0.462 e. The first-order valence-corrected chi connectivity index (χ1v) is 23.1. The molecule has 4 heterocycles. The number of carbonyl (C=O) groups is 6. The molecule has 68 heavy (non-hydrogen) atoms. The van der Waals surface area contributed by atoms with Crippen molar-refractivity contribution in [2.75, 3.05) is 13.2 Å². The highest BCUT2D eigenvalue weighted by Crippen LogP contribution is 2.58. The number of carbonyl (C=O) groups excluding carboxylic acids is 6. The second-order valence-electron chi connectivity index (χ2n) is 20.3. The summed E-state index contributed by atoms with van der Waals surface area (Å²) in [7, 11) is 0. The van der Waals surface area contributed by atoms with Gasteiger partial charge < -0.3 is 44.2 Å². The van der Waals surface area contributed by atoms with Gasteiger partial charge >= 0.3 is 23.9 Å². The lowest BCUT2D eigenvalue weighted by atomic mass is 9.62. The third kappa shape index (κ3) is 9.29. The zero-order valence-corrected chi connectivity index (χ0v) is 38.7. The first-order valence-electron chi connectivity index (χ1n) is 23.1. The Morgan fingerprint density at radius 2 is 1.65 bits per heavy atom. The summed E-state index contributed by atoms with van der Waals surface area (Å²) in [6.07, 6.45) is -0.323. The van der Waals surface area contributed by atoms with Crippen LogP contribution in [0.3, 0.4) is 0 Å². The molecule has 3 aromatic carbocycles.